The predicted molar refractivity (Wildman–Crippen MR) is 112 cm³/mol. The Morgan fingerprint density at radius 2 is 1.97 bits per heavy atom. The first-order valence-corrected chi connectivity index (χ1v) is 11.2. The molecule has 7 heteroatoms. The highest BCUT2D eigenvalue weighted by Gasteiger charge is 2.86. The molecule has 0 N–H and O–H groups in total. The van der Waals surface area contributed by atoms with Crippen molar-refractivity contribution in [1.82, 2.24) is 0 Å². The molecule has 0 unspecified atom stereocenters. The molecule has 1 aliphatic heterocycles. The maximum absolute atomic E-state index is 15.8. The van der Waals surface area contributed by atoms with Crippen molar-refractivity contribution < 1.29 is 33.0 Å². The summed E-state index contributed by atoms with van der Waals surface area (Å²) >= 11 is 0. The van der Waals surface area contributed by atoms with Gasteiger partial charge in [0.25, 0.3) is 0 Å². The molecule has 1 saturated heterocycles. The summed E-state index contributed by atoms with van der Waals surface area (Å²) in [7, 11) is 0. The fraction of sp³-hybridized carbons (Fsp3) is 0.462. The van der Waals surface area contributed by atoms with Crippen LogP contribution in [0.15, 0.2) is 54.6 Å². The molecule has 4 aliphatic carbocycles. The second-order valence-electron chi connectivity index (χ2n) is 10.3. The van der Waals surface area contributed by atoms with Gasteiger partial charge in [-0.2, -0.15) is 0 Å². The number of rotatable bonds is 3. The van der Waals surface area contributed by atoms with Crippen molar-refractivity contribution in [3.63, 3.8) is 0 Å². The third-order valence-electron chi connectivity index (χ3n) is 8.98. The van der Waals surface area contributed by atoms with Crippen LogP contribution in [0.1, 0.15) is 31.7 Å². The van der Waals surface area contributed by atoms with Gasteiger partial charge in [-0.15, -0.1) is 0 Å². The molecule has 170 valence electrons. The molecule has 1 spiro atoms. The highest BCUT2D eigenvalue weighted by atomic mass is 19.1. The molecule has 1 aromatic rings. The van der Waals surface area contributed by atoms with Crippen LogP contribution in [0.3, 0.4) is 0 Å². The number of allylic oxidation sites excluding steroid dienone is 2. The topological polar surface area (TPSA) is 86.7 Å². The van der Waals surface area contributed by atoms with Gasteiger partial charge in [-0.05, 0) is 43.9 Å². The van der Waals surface area contributed by atoms with E-state index in [0.717, 1.165) is 5.56 Å². The molecule has 3 saturated carbocycles. The summed E-state index contributed by atoms with van der Waals surface area (Å²) < 4.78 is 27.4. The number of ether oxygens (including phenoxy) is 2. The number of carbonyl (C=O) groups is 4. The molecule has 5 aliphatic rings. The lowest BCUT2D eigenvalue weighted by Gasteiger charge is -2.42. The Morgan fingerprint density at radius 1 is 1.24 bits per heavy atom. The largest absolute Gasteiger partial charge is 0.461 e. The monoisotopic (exact) mass is 450 g/mol. The number of fused-ring (bicyclic) bond motifs is 1. The van der Waals surface area contributed by atoms with Crippen LogP contribution < -0.4 is 0 Å². The Balaban J connectivity index is 1.51. The van der Waals surface area contributed by atoms with E-state index in [1.165, 1.54) is 19.1 Å². The zero-order valence-electron chi connectivity index (χ0n) is 18.1. The molecule has 0 amide bonds. The van der Waals surface area contributed by atoms with Gasteiger partial charge in [-0.25, -0.2) is 4.39 Å². The summed E-state index contributed by atoms with van der Waals surface area (Å²) in [6.45, 7) is 5.18. The summed E-state index contributed by atoms with van der Waals surface area (Å²) in [5.74, 6) is -5.18. The number of hydrogen-bond donors (Lipinski definition) is 0. The number of alkyl halides is 1. The van der Waals surface area contributed by atoms with Crippen LogP contribution >= 0.6 is 0 Å². The third kappa shape index (κ3) is 2.14. The minimum atomic E-state index is -1.91. The number of ketones is 2. The lowest BCUT2D eigenvalue weighted by molar-refractivity contribution is -0.166. The van der Waals surface area contributed by atoms with Gasteiger partial charge in [-0.3, -0.25) is 19.2 Å². The lowest BCUT2D eigenvalue weighted by Crippen LogP contribution is -2.50. The molecule has 4 bridgehead atoms. The number of halogens is 1. The number of hydrogen-bond acceptors (Lipinski definition) is 6. The zero-order valence-corrected chi connectivity index (χ0v) is 18.1. The van der Waals surface area contributed by atoms with Crippen molar-refractivity contribution in [2.75, 3.05) is 0 Å². The van der Waals surface area contributed by atoms with Crippen LogP contribution in [0.25, 0.3) is 0 Å². The molecule has 0 radical (unpaired) electrons. The highest BCUT2D eigenvalue weighted by molar-refractivity contribution is 6.14. The SMILES string of the molecule is C=C1C(=O)[C@]23C[C@@]1(F)CC[C@H]2[C@@]12C=CC(=O)[C@](C)(C(=O)O1)[C@H]2[C@@H]3C(=O)OCc1ccccc1. The lowest BCUT2D eigenvalue weighted by atomic mass is 9.61. The molecule has 33 heavy (non-hydrogen) atoms. The van der Waals surface area contributed by atoms with Crippen molar-refractivity contribution in [3.05, 3.63) is 60.2 Å². The van der Waals surface area contributed by atoms with Gasteiger partial charge in [0.1, 0.15) is 23.3 Å². The molecule has 4 fully saturated rings. The average molecular weight is 450 g/mol. The van der Waals surface area contributed by atoms with Crippen molar-refractivity contribution in [2.24, 2.45) is 28.6 Å². The van der Waals surface area contributed by atoms with E-state index in [4.69, 9.17) is 9.47 Å². The molecule has 1 aromatic carbocycles. The van der Waals surface area contributed by atoms with E-state index in [9.17, 15) is 19.2 Å². The minimum Gasteiger partial charge on any atom is -0.461 e. The average Bonchev–Trinajstić information content (AvgIpc) is 3.21. The summed E-state index contributed by atoms with van der Waals surface area (Å²) in [6, 6.07) is 9.05. The highest BCUT2D eigenvalue weighted by Crippen LogP contribution is 2.76. The first-order chi connectivity index (χ1) is 15.6. The molecule has 7 atom stereocenters. The standard InChI is InChI=1S/C26H23FO6/c1-14-20(29)25-13-24(14,27)10-8-16(25)26-11-9-17(28)23(2,22(31)33-26)19(26)18(25)21(30)32-12-15-6-4-3-5-7-15/h3-7,9,11,16,18-19H,1,8,10,12-13H2,2H3/t16-,18-,19-,23+,24+,25-,26-/m1/s1. The van der Waals surface area contributed by atoms with Gasteiger partial charge < -0.3 is 9.47 Å². The number of carbonyl (C=O) groups excluding carboxylic acids is 4. The van der Waals surface area contributed by atoms with Gasteiger partial charge in [0.05, 0.1) is 11.3 Å². The van der Waals surface area contributed by atoms with E-state index in [2.05, 4.69) is 6.58 Å². The van der Waals surface area contributed by atoms with Gasteiger partial charge in [-0.1, -0.05) is 36.9 Å². The van der Waals surface area contributed by atoms with Gasteiger partial charge in [0, 0.05) is 17.4 Å². The fourth-order valence-electron chi connectivity index (χ4n) is 7.52. The first kappa shape index (κ1) is 20.5. The maximum Gasteiger partial charge on any atom is 0.321 e. The molecular formula is C26H23FO6. The van der Waals surface area contributed by atoms with Crippen LogP contribution in [-0.2, 0) is 35.3 Å². The molecule has 6 nitrogen and oxygen atoms in total. The van der Waals surface area contributed by atoms with Crippen LogP contribution in [0.2, 0.25) is 0 Å². The van der Waals surface area contributed by atoms with Crippen LogP contribution in [0, 0.1) is 28.6 Å². The Labute approximate surface area is 189 Å². The van der Waals surface area contributed by atoms with E-state index >= 15 is 4.39 Å². The Bertz CT molecular complexity index is 1190. The summed E-state index contributed by atoms with van der Waals surface area (Å²) in [5, 5.41) is 0. The van der Waals surface area contributed by atoms with Gasteiger partial charge >= 0.3 is 11.9 Å². The molecule has 0 aromatic heterocycles. The quantitative estimate of drug-likeness (QED) is 0.400. The van der Waals surface area contributed by atoms with Crippen LogP contribution in [0.5, 0.6) is 0 Å². The van der Waals surface area contributed by atoms with E-state index in [0.29, 0.717) is 0 Å². The molecule has 1 heterocycles. The van der Waals surface area contributed by atoms with Crippen LogP contribution in [-0.4, -0.2) is 34.8 Å². The predicted octanol–water partition coefficient (Wildman–Crippen LogP) is 3.05. The summed E-state index contributed by atoms with van der Waals surface area (Å²) in [6.07, 6.45) is 2.94. The Kier molecular flexibility index (Phi) is 3.77. The first-order valence-electron chi connectivity index (χ1n) is 11.2. The van der Waals surface area contributed by atoms with E-state index in [-0.39, 0.29) is 31.4 Å². The van der Waals surface area contributed by atoms with Crippen molar-refractivity contribution in [1.29, 1.82) is 0 Å². The molecular weight excluding hydrogens is 427 g/mol. The maximum atomic E-state index is 15.8. The summed E-state index contributed by atoms with van der Waals surface area (Å²) in [5.41, 5.74) is -5.71. The van der Waals surface area contributed by atoms with Crippen molar-refractivity contribution in [2.45, 2.75) is 44.1 Å². The van der Waals surface area contributed by atoms with Crippen LogP contribution in [0.4, 0.5) is 4.39 Å². The number of Topliss-reactive ketones (excluding diaryl/α,β-unsaturated/α-hetero) is 1. The number of benzene rings is 1. The van der Waals surface area contributed by atoms with E-state index < -0.39 is 63.4 Å². The minimum absolute atomic E-state index is 0.0398. The smallest absolute Gasteiger partial charge is 0.321 e. The third-order valence-corrected chi connectivity index (χ3v) is 8.98. The van der Waals surface area contributed by atoms with E-state index in [1.54, 1.807) is 12.1 Å². The van der Waals surface area contributed by atoms with Crippen molar-refractivity contribution in [3.8, 4) is 0 Å². The number of esters is 2. The second kappa shape index (κ2) is 6.07. The van der Waals surface area contributed by atoms with Crippen molar-refractivity contribution >= 4 is 23.5 Å². The Hall–Kier alpha value is -3.09. The fourth-order valence-corrected chi connectivity index (χ4v) is 7.52. The molecule has 6 rings (SSSR count). The summed E-state index contributed by atoms with van der Waals surface area (Å²) in [4.78, 5) is 53.4. The zero-order chi connectivity index (χ0) is 23.4. The van der Waals surface area contributed by atoms with E-state index in [1.807, 2.05) is 18.2 Å². The second-order valence-corrected chi connectivity index (χ2v) is 10.3. The van der Waals surface area contributed by atoms with Gasteiger partial charge in [0.15, 0.2) is 11.6 Å². The Morgan fingerprint density at radius 3 is 2.70 bits per heavy atom. The van der Waals surface area contributed by atoms with Gasteiger partial charge in [0.2, 0.25) is 0 Å². The normalized spacial score (nSPS) is 44.5.